The maximum Gasteiger partial charge on any atom is 0.416 e. The standard InChI is InChI=1S/C26H26F3N3O4S/c1-25(2,3)31-24(34)21-14-7-8-15-22(21)30-23(33)17-32(37(35,36)20-12-5-4-6-13-20)19-11-9-10-18(16-19)26(27,28)29/h4-16H,17H2,1-3H3,(H,30,33)(H,31,34). The molecule has 2 amide bonds. The molecule has 2 N–H and O–H groups in total. The summed E-state index contributed by atoms with van der Waals surface area (Å²) in [6.07, 6.45) is -4.72. The van der Waals surface area contributed by atoms with E-state index in [2.05, 4.69) is 10.6 Å². The minimum Gasteiger partial charge on any atom is -0.347 e. The van der Waals surface area contributed by atoms with Crippen LogP contribution in [0.1, 0.15) is 36.7 Å². The van der Waals surface area contributed by atoms with Crippen LogP contribution in [0, 0.1) is 0 Å². The summed E-state index contributed by atoms with van der Waals surface area (Å²) in [4.78, 5) is 25.5. The fourth-order valence-corrected chi connectivity index (χ4v) is 4.82. The number of alkyl halides is 3. The topological polar surface area (TPSA) is 95.6 Å². The summed E-state index contributed by atoms with van der Waals surface area (Å²) in [7, 11) is -4.43. The summed E-state index contributed by atoms with van der Waals surface area (Å²) < 4.78 is 67.5. The van der Waals surface area contributed by atoms with Gasteiger partial charge < -0.3 is 10.6 Å². The highest BCUT2D eigenvalue weighted by Crippen LogP contribution is 2.33. The van der Waals surface area contributed by atoms with Crippen LogP contribution in [0.25, 0.3) is 0 Å². The number of carbonyl (C=O) groups is 2. The van der Waals surface area contributed by atoms with Crippen LogP contribution in [0.2, 0.25) is 0 Å². The van der Waals surface area contributed by atoms with Gasteiger partial charge in [-0.3, -0.25) is 13.9 Å². The first-order valence-electron chi connectivity index (χ1n) is 11.1. The number of benzene rings is 3. The lowest BCUT2D eigenvalue weighted by Crippen LogP contribution is -2.41. The van der Waals surface area contributed by atoms with E-state index in [1.807, 2.05) is 0 Å². The number of nitrogens with zero attached hydrogens (tertiary/aromatic N) is 1. The second-order valence-electron chi connectivity index (χ2n) is 9.17. The molecular weight excluding hydrogens is 507 g/mol. The van der Waals surface area contributed by atoms with Crippen molar-refractivity contribution in [2.75, 3.05) is 16.2 Å². The Kier molecular flexibility index (Phi) is 7.97. The predicted molar refractivity (Wildman–Crippen MR) is 135 cm³/mol. The molecule has 3 rings (SSSR count). The van der Waals surface area contributed by atoms with Gasteiger partial charge in [0.15, 0.2) is 0 Å². The molecule has 0 atom stereocenters. The van der Waals surface area contributed by atoms with Crippen molar-refractivity contribution in [3.63, 3.8) is 0 Å². The quantitative estimate of drug-likeness (QED) is 0.444. The van der Waals surface area contributed by atoms with E-state index < -0.39 is 45.7 Å². The summed E-state index contributed by atoms with van der Waals surface area (Å²) in [5.41, 5.74) is -1.70. The van der Waals surface area contributed by atoms with Crippen LogP contribution in [0.15, 0.2) is 83.8 Å². The number of halogens is 3. The van der Waals surface area contributed by atoms with Gasteiger partial charge in [0, 0.05) is 5.54 Å². The summed E-state index contributed by atoms with van der Waals surface area (Å²) in [5, 5.41) is 5.30. The SMILES string of the molecule is CC(C)(C)NC(=O)c1ccccc1NC(=O)CN(c1cccc(C(F)(F)F)c1)S(=O)(=O)c1ccccc1. The zero-order valence-corrected chi connectivity index (χ0v) is 21.2. The maximum absolute atomic E-state index is 13.4. The van der Waals surface area contributed by atoms with E-state index in [1.165, 1.54) is 42.5 Å². The molecule has 11 heteroatoms. The Balaban J connectivity index is 1.98. The first kappa shape index (κ1) is 27.7. The van der Waals surface area contributed by atoms with Crippen LogP contribution in [-0.2, 0) is 21.0 Å². The van der Waals surface area contributed by atoms with E-state index in [-0.39, 0.29) is 21.8 Å². The van der Waals surface area contributed by atoms with E-state index in [9.17, 15) is 31.2 Å². The van der Waals surface area contributed by atoms with E-state index in [0.717, 1.165) is 12.1 Å². The van der Waals surface area contributed by atoms with Gasteiger partial charge in [-0.25, -0.2) is 8.42 Å². The Labute approximate surface area is 213 Å². The van der Waals surface area contributed by atoms with Gasteiger partial charge in [0.05, 0.1) is 27.4 Å². The lowest BCUT2D eigenvalue weighted by Gasteiger charge is -2.25. The lowest BCUT2D eigenvalue weighted by molar-refractivity contribution is -0.137. The van der Waals surface area contributed by atoms with Crippen molar-refractivity contribution < 1.29 is 31.2 Å². The molecule has 0 spiro atoms. The van der Waals surface area contributed by atoms with E-state index in [0.29, 0.717) is 10.4 Å². The molecule has 0 aliphatic carbocycles. The molecule has 0 aliphatic heterocycles. The highest BCUT2D eigenvalue weighted by atomic mass is 32.2. The molecular formula is C26H26F3N3O4S. The third-order valence-corrected chi connectivity index (χ3v) is 6.80. The minimum absolute atomic E-state index is 0.121. The summed E-state index contributed by atoms with van der Waals surface area (Å²) in [6, 6.07) is 16.9. The van der Waals surface area contributed by atoms with Gasteiger partial charge in [-0.05, 0) is 63.2 Å². The Morgan fingerprint density at radius 2 is 1.49 bits per heavy atom. The number of hydrogen-bond donors (Lipinski definition) is 2. The number of nitrogens with one attached hydrogen (secondary N) is 2. The average molecular weight is 534 g/mol. The maximum atomic E-state index is 13.4. The summed E-state index contributed by atoms with van der Waals surface area (Å²) >= 11 is 0. The van der Waals surface area contributed by atoms with Crippen LogP contribution in [0.5, 0.6) is 0 Å². The lowest BCUT2D eigenvalue weighted by atomic mass is 10.1. The smallest absolute Gasteiger partial charge is 0.347 e. The number of sulfonamides is 1. The molecule has 0 aromatic heterocycles. The Morgan fingerprint density at radius 3 is 2.11 bits per heavy atom. The minimum atomic E-state index is -4.72. The number of rotatable bonds is 7. The number of hydrogen-bond acceptors (Lipinski definition) is 4. The second-order valence-corrected chi connectivity index (χ2v) is 11.0. The molecule has 0 radical (unpaired) electrons. The highest BCUT2D eigenvalue weighted by molar-refractivity contribution is 7.92. The van der Waals surface area contributed by atoms with Crippen molar-refractivity contribution in [2.24, 2.45) is 0 Å². The zero-order valence-electron chi connectivity index (χ0n) is 20.3. The predicted octanol–water partition coefficient (Wildman–Crippen LogP) is 5.07. The van der Waals surface area contributed by atoms with Crippen molar-refractivity contribution in [1.29, 1.82) is 0 Å². The van der Waals surface area contributed by atoms with Gasteiger partial charge in [0.1, 0.15) is 6.54 Å². The van der Waals surface area contributed by atoms with Crippen molar-refractivity contribution in [3.8, 4) is 0 Å². The van der Waals surface area contributed by atoms with Crippen molar-refractivity contribution >= 4 is 33.2 Å². The molecule has 0 aliphatic rings. The molecule has 3 aromatic carbocycles. The van der Waals surface area contributed by atoms with E-state index in [1.54, 1.807) is 39.0 Å². The fourth-order valence-electron chi connectivity index (χ4n) is 3.39. The van der Waals surface area contributed by atoms with Crippen molar-refractivity contribution in [3.05, 3.63) is 90.0 Å². The number of carbonyl (C=O) groups excluding carboxylic acids is 2. The molecule has 0 fully saturated rings. The van der Waals surface area contributed by atoms with Crippen LogP contribution in [0.3, 0.4) is 0 Å². The second kappa shape index (κ2) is 10.6. The molecule has 3 aromatic rings. The summed E-state index contributed by atoms with van der Waals surface area (Å²) in [6.45, 7) is 4.52. The molecule has 196 valence electrons. The van der Waals surface area contributed by atoms with Crippen LogP contribution >= 0.6 is 0 Å². The van der Waals surface area contributed by atoms with Gasteiger partial charge in [0.2, 0.25) is 5.91 Å². The average Bonchev–Trinajstić information content (AvgIpc) is 2.82. The first-order chi connectivity index (χ1) is 17.2. The molecule has 0 heterocycles. The third-order valence-electron chi connectivity index (χ3n) is 5.01. The molecule has 0 saturated heterocycles. The van der Waals surface area contributed by atoms with Crippen LogP contribution in [-0.4, -0.2) is 32.3 Å². The van der Waals surface area contributed by atoms with Crippen molar-refractivity contribution in [1.82, 2.24) is 5.32 Å². The molecule has 0 saturated carbocycles. The van der Waals surface area contributed by atoms with Crippen molar-refractivity contribution in [2.45, 2.75) is 37.4 Å². The van der Waals surface area contributed by atoms with Gasteiger partial charge in [-0.1, -0.05) is 36.4 Å². The Hall–Kier alpha value is -3.86. The monoisotopic (exact) mass is 533 g/mol. The Bertz CT molecular complexity index is 1390. The van der Waals surface area contributed by atoms with Crippen LogP contribution < -0.4 is 14.9 Å². The number of para-hydroxylation sites is 1. The molecule has 37 heavy (non-hydrogen) atoms. The number of amides is 2. The normalized spacial score (nSPS) is 12.1. The molecule has 0 unspecified atom stereocenters. The molecule has 7 nitrogen and oxygen atoms in total. The number of anilines is 2. The first-order valence-corrected chi connectivity index (χ1v) is 12.6. The van der Waals surface area contributed by atoms with Crippen LogP contribution in [0.4, 0.5) is 24.5 Å². The third kappa shape index (κ3) is 7.10. The van der Waals surface area contributed by atoms with Gasteiger partial charge in [-0.2, -0.15) is 13.2 Å². The van der Waals surface area contributed by atoms with E-state index in [4.69, 9.17) is 0 Å². The fraction of sp³-hybridized carbons (Fsp3) is 0.231. The van der Waals surface area contributed by atoms with Gasteiger partial charge >= 0.3 is 6.18 Å². The largest absolute Gasteiger partial charge is 0.416 e. The molecule has 0 bridgehead atoms. The van der Waals surface area contributed by atoms with Gasteiger partial charge in [-0.15, -0.1) is 0 Å². The van der Waals surface area contributed by atoms with Gasteiger partial charge in [0.25, 0.3) is 15.9 Å². The highest BCUT2D eigenvalue weighted by Gasteiger charge is 2.33. The Morgan fingerprint density at radius 1 is 0.865 bits per heavy atom. The zero-order chi connectivity index (χ0) is 27.4. The van der Waals surface area contributed by atoms with E-state index >= 15 is 0 Å². The summed E-state index contributed by atoms with van der Waals surface area (Å²) in [5.74, 6) is -1.32.